The summed E-state index contributed by atoms with van der Waals surface area (Å²) in [6, 6.07) is 9.10. The van der Waals surface area contributed by atoms with Crippen molar-refractivity contribution < 1.29 is 4.74 Å². The van der Waals surface area contributed by atoms with E-state index in [4.69, 9.17) is 4.74 Å². The van der Waals surface area contributed by atoms with Gasteiger partial charge < -0.3 is 15.0 Å². The number of nitrogens with zero attached hydrogens (tertiary/aromatic N) is 1. The maximum Gasteiger partial charge on any atom is 0.118 e. The predicted octanol–water partition coefficient (Wildman–Crippen LogP) is 2.95. The molecule has 3 heteroatoms. The molecule has 0 bridgehead atoms. The first kappa shape index (κ1) is 16.3. The van der Waals surface area contributed by atoms with E-state index >= 15 is 0 Å². The van der Waals surface area contributed by atoms with Crippen LogP contribution in [0.5, 0.6) is 5.75 Å². The van der Waals surface area contributed by atoms with Gasteiger partial charge in [0.25, 0.3) is 0 Å². The Kier molecular flexibility index (Phi) is 6.52. The summed E-state index contributed by atoms with van der Waals surface area (Å²) in [6.07, 6.45) is 3.77. The van der Waals surface area contributed by atoms with Gasteiger partial charge in [0.15, 0.2) is 0 Å². The van der Waals surface area contributed by atoms with Gasteiger partial charge in [0.1, 0.15) is 5.75 Å². The van der Waals surface area contributed by atoms with E-state index in [1.54, 1.807) is 7.11 Å². The molecule has 2 rings (SSSR count). The summed E-state index contributed by atoms with van der Waals surface area (Å²) in [7, 11) is 1.72. The molecule has 0 spiro atoms. The molecule has 0 aliphatic carbocycles. The van der Waals surface area contributed by atoms with Gasteiger partial charge in [0.05, 0.1) is 7.11 Å². The standard InChI is InChI=1S/C18H30N2O/c1-15(2)20(14-17-8-11-19-12-9-17)13-10-16-4-6-18(21-3)7-5-16/h4-7,15,17,19H,8-14H2,1-3H3. The van der Waals surface area contributed by atoms with Crippen molar-refractivity contribution in [2.75, 3.05) is 33.3 Å². The molecule has 1 saturated heterocycles. The van der Waals surface area contributed by atoms with E-state index in [1.165, 1.54) is 38.0 Å². The van der Waals surface area contributed by atoms with E-state index in [9.17, 15) is 0 Å². The van der Waals surface area contributed by atoms with Crippen molar-refractivity contribution in [1.29, 1.82) is 0 Å². The smallest absolute Gasteiger partial charge is 0.118 e. The second-order valence-electron chi connectivity index (χ2n) is 6.38. The molecule has 0 saturated carbocycles. The van der Waals surface area contributed by atoms with Gasteiger partial charge in [0, 0.05) is 19.1 Å². The minimum Gasteiger partial charge on any atom is -0.497 e. The molecule has 1 aromatic rings. The Hall–Kier alpha value is -1.06. The average molecular weight is 290 g/mol. The first-order valence-corrected chi connectivity index (χ1v) is 8.26. The van der Waals surface area contributed by atoms with Crippen LogP contribution in [0, 0.1) is 5.92 Å². The van der Waals surface area contributed by atoms with Gasteiger partial charge in [-0.15, -0.1) is 0 Å². The first-order chi connectivity index (χ1) is 10.2. The third kappa shape index (κ3) is 5.33. The number of ether oxygens (including phenoxy) is 1. The van der Waals surface area contributed by atoms with Crippen molar-refractivity contribution in [3.8, 4) is 5.75 Å². The molecule has 1 aromatic carbocycles. The summed E-state index contributed by atoms with van der Waals surface area (Å²) in [5.74, 6) is 1.80. The van der Waals surface area contributed by atoms with Gasteiger partial charge in [0.2, 0.25) is 0 Å². The number of hydrogen-bond donors (Lipinski definition) is 1. The second kappa shape index (κ2) is 8.40. The number of methoxy groups -OCH3 is 1. The van der Waals surface area contributed by atoms with Crippen LogP contribution in [0.25, 0.3) is 0 Å². The maximum atomic E-state index is 5.22. The topological polar surface area (TPSA) is 24.5 Å². The fourth-order valence-electron chi connectivity index (χ4n) is 3.02. The number of hydrogen-bond acceptors (Lipinski definition) is 3. The Bertz CT molecular complexity index is 396. The molecule has 0 unspecified atom stereocenters. The van der Waals surface area contributed by atoms with Gasteiger partial charge in [-0.2, -0.15) is 0 Å². The fraction of sp³-hybridized carbons (Fsp3) is 0.667. The molecule has 0 amide bonds. The molecule has 1 aliphatic rings. The van der Waals surface area contributed by atoms with Crippen LogP contribution in [-0.4, -0.2) is 44.2 Å². The number of benzene rings is 1. The molecule has 1 fully saturated rings. The van der Waals surface area contributed by atoms with Crippen LogP contribution < -0.4 is 10.1 Å². The minimum atomic E-state index is 0.623. The molecule has 1 heterocycles. The quantitative estimate of drug-likeness (QED) is 0.835. The van der Waals surface area contributed by atoms with Crippen molar-refractivity contribution >= 4 is 0 Å². The van der Waals surface area contributed by atoms with E-state index in [0.29, 0.717) is 6.04 Å². The van der Waals surface area contributed by atoms with E-state index in [2.05, 4.69) is 48.3 Å². The molecule has 1 N–H and O–H groups in total. The second-order valence-corrected chi connectivity index (χ2v) is 6.38. The zero-order chi connectivity index (χ0) is 15.1. The lowest BCUT2D eigenvalue weighted by atomic mass is 9.97. The molecule has 21 heavy (non-hydrogen) atoms. The number of piperidine rings is 1. The zero-order valence-corrected chi connectivity index (χ0v) is 13.8. The van der Waals surface area contributed by atoms with Gasteiger partial charge in [-0.25, -0.2) is 0 Å². The van der Waals surface area contributed by atoms with Crippen LogP contribution >= 0.6 is 0 Å². The SMILES string of the molecule is COc1ccc(CCN(CC2CCNCC2)C(C)C)cc1. The number of nitrogens with one attached hydrogen (secondary N) is 1. The van der Waals surface area contributed by atoms with Crippen molar-refractivity contribution in [1.82, 2.24) is 10.2 Å². The third-order valence-electron chi connectivity index (χ3n) is 4.53. The van der Waals surface area contributed by atoms with Crippen molar-refractivity contribution in [2.45, 2.75) is 39.2 Å². The Morgan fingerprint density at radius 1 is 1.19 bits per heavy atom. The Morgan fingerprint density at radius 3 is 2.43 bits per heavy atom. The predicted molar refractivity (Wildman–Crippen MR) is 89.0 cm³/mol. The van der Waals surface area contributed by atoms with Gasteiger partial charge >= 0.3 is 0 Å². The molecule has 0 aromatic heterocycles. The summed E-state index contributed by atoms with van der Waals surface area (Å²) >= 11 is 0. The van der Waals surface area contributed by atoms with Crippen molar-refractivity contribution in [3.63, 3.8) is 0 Å². The largest absolute Gasteiger partial charge is 0.497 e. The highest BCUT2D eigenvalue weighted by Crippen LogP contribution is 2.16. The summed E-state index contributed by atoms with van der Waals surface area (Å²) < 4.78 is 5.22. The molecular formula is C18H30N2O. The molecule has 1 aliphatic heterocycles. The fourth-order valence-corrected chi connectivity index (χ4v) is 3.02. The minimum absolute atomic E-state index is 0.623. The highest BCUT2D eigenvalue weighted by molar-refractivity contribution is 5.27. The summed E-state index contributed by atoms with van der Waals surface area (Å²) in [5, 5.41) is 3.46. The average Bonchev–Trinajstić information content (AvgIpc) is 2.52. The monoisotopic (exact) mass is 290 g/mol. The van der Waals surface area contributed by atoms with Crippen LogP contribution in [0.2, 0.25) is 0 Å². The lowest BCUT2D eigenvalue weighted by molar-refractivity contribution is 0.171. The van der Waals surface area contributed by atoms with Crippen molar-refractivity contribution in [2.24, 2.45) is 5.92 Å². The van der Waals surface area contributed by atoms with Crippen LogP contribution in [0.1, 0.15) is 32.3 Å². The first-order valence-electron chi connectivity index (χ1n) is 8.26. The lowest BCUT2D eigenvalue weighted by Gasteiger charge is -2.32. The van der Waals surface area contributed by atoms with E-state index in [0.717, 1.165) is 24.6 Å². The van der Waals surface area contributed by atoms with E-state index < -0.39 is 0 Å². The van der Waals surface area contributed by atoms with E-state index in [1.807, 2.05) is 0 Å². The highest BCUT2D eigenvalue weighted by Gasteiger charge is 2.18. The lowest BCUT2D eigenvalue weighted by Crippen LogP contribution is -2.40. The van der Waals surface area contributed by atoms with Crippen LogP contribution in [0.4, 0.5) is 0 Å². The Balaban J connectivity index is 1.83. The summed E-state index contributed by atoms with van der Waals surface area (Å²) in [5.41, 5.74) is 1.40. The summed E-state index contributed by atoms with van der Waals surface area (Å²) in [6.45, 7) is 9.40. The Morgan fingerprint density at radius 2 is 1.86 bits per heavy atom. The highest BCUT2D eigenvalue weighted by atomic mass is 16.5. The molecule has 0 atom stereocenters. The molecule has 118 valence electrons. The zero-order valence-electron chi connectivity index (χ0n) is 13.8. The maximum absolute atomic E-state index is 5.22. The van der Waals surface area contributed by atoms with Crippen molar-refractivity contribution in [3.05, 3.63) is 29.8 Å². The Labute approximate surface area is 129 Å². The third-order valence-corrected chi connectivity index (χ3v) is 4.53. The van der Waals surface area contributed by atoms with Crippen LogP contribution in [-0.2, 0) is 6.42 Å². The van der Waals surface area contributed by atoms with Gasteiger partial charge in [-0.05, 0) is 69.8 Å². The van der Waals surface area contributed by atoms with Gasteiger partial charge in [-0.1, -0.05) is 12.1 Å². The molecule has 3 nitrogen and oxygen atoms in total. The number of rotatable bonds is 7. The molecular weight excluding hydrogens is 260 g/mol. The van der Waals surface area contributed by atoms with Gasteiger partial charge in [-0.3, -0.25) is 0 Å². The summed E-state index contributed by atoms with van der Waals surface area (Å²) in [4.78, 5) is 2.64. The normalized spacial score (nSPS) is 16.6. The van der Waals surface area contributed by atoms with E-state index in [-0.39, 0.29) is 0 Å². The van der Waals surface area contributed by atoms with Crippen LogP contribution in [0.15, 0.2) is 24.3 Å². The molecule has 0 radical (unpaired) electrons. The van der Waals surface area contributed by atoms with Crippen LogP contribution in [0.3, 0.4) is 0 Å².